The van der Waals surface area contributed by atoms with E-state index in [-0.39, 0.29) is 24.9 Å². The van der Waals surface area contributed by atoms with E-state index >= 15 is 0 Å². The number of carboxylic acids is 1. The molecule has 6 nitrogen and oxygen atoms in total. The maximum Gasteiger partial charge on any atom is 0.328 e. The molecule has 0 fully saturated rings. The number of carbonyl (C=O) groups is 2. The number of amides is 1. The van der Waals surface area contributed by atoms with Gasteiger partial charge in [-0.1, -0.05) is 22.0 Å². The Morgan fingerprint density at radius 2 is 2.13 bits per heavy atom. The highest BCUT2D eigenvalue weighted by Crippen LogP contribution is 2.25. The first-order valence-electron chi connectivity index (χ1n) is 7.03. The van der Waals surface area contributed by atoms with Crippen LogP contribution in [0.4, 0.5) is 0 Å². The summed E-state index contributed by atoms with van der Waals surface area (Å²) < 4.78 is 11.5. The van der Waals surface area contributed by atoms with Crippen molar-refractivity contribution in [1.82, 2.24) is 5.32 Å². The van der Waals surface area contributed by atoms with Crippen LogP contribution >= 0.6 is 15.9 Å². The zero-order valence-electron chi connectivity index (χ0n) is 13.0. The van der Waals surface area contributed by atoms with Gasteiger partial charge in [0.15, 0.2) is 6.04 Å². The van der Waals surface area contributed by atoms with Crippen molar-refractivity contribution in [3.8, 4) is 5.75 Å². The lowest BCUT2D eigenvalue weighted by molar-refractivity contribution is -0.140. The minimum absolute atomic E-state index is 0.123. The fourth-order valence-corrected chi connectivity index (χ4v) is 2.06. The fraction of sp³-hybridized carbons (Fsp3) is 0.375. The van der Waals surface area contributed by atoms with Crippen LogP contribution in [0.3, 0.4) is 0 Å². The molecule has 1 amide bonds. The molecular weight excluding hydrogens is 366 g/mol. The molecule has 2 N–H and O–H groups in total. The number of aliphatic carboxylic acids is 1. The molecule has 0 aromatic heterocycles. The third-order valence-electron chi connectivity index (χ3n) is 2.67. The molecule has 0 aliphatic rings. The van der Waals surface area contributed by atoms with Crippen LogP contribution in [0.2, 0.25) is 0 Å². The Bertz CT molecular complexity index is 574. The number of carboxylic acid groups (broad SMARTS) is 1. The average molecular weight is 386 g/mol. The predicted octanol–water partition coefficient (Wildman–Crippen LogP) is 2.62. The first-order valence-corrected chi connectivity index (χ1v) is 7.83. The van der Waals surface area contributed by atoms with Crippen LogP contribution in [0.5, 0.6) is 5.75 Å². The SMILES string of the molecule is C=CCOCC(NC(=O)c1ccc(Br)cc1OC(C)C)C(=O)O. The summed E-state index contributed by atoms with van der Waals surface area (Å²) in [6, 6.07) is 3.77. The number of nitrogens with one attached hydrogen (secondary N) is 1. The second-order valence-corrected chi connectivity index (χ2v) is 5.91. The van der Waals surface area contributed by atoms with Crippen LogP contribution < -0.4 is 10.1 Å². The highest BCUT2D eigenvalue weighted by atomic mass is 79.9. The molecule has 7 heteroatoms. The van der Waals surface area contributed by atoms with Crippen LogP contribution in [0.25, 0.3) is 0 Å². The lowest BCUT2D eigenvalue weighted by Crippen LogP contribution is -2.44. The maximum atomic E-state index is 12.4. The summed E-state index contributed by atoms with van der Waals surface area (Å²) in [6.07, 6.45) is 1.38. The summed E-state index contributed by atoms with van der Waals surface area (Å²) in [5.41, 5.74) is 0.261. The lowest BCUT2D eigenvalue weighted by atomic mass is 10.1. The Kier molecular flexibility index (Phi) is 7.77. The Morgan fingerprint density at radius 1 is 1.43 bits per heavy atom. The average Bonchev–Trinajstić information content (AvgIpc) is 2.45. The van der Waals surface area contributed by atoms with Crippen LogP contribution in [0.15, 0.2) is 35.3 Å². The first-order chi connectivity index (χ1) is 10.8. The molecule has 23 heavy (non-hydrogen) atoms. The molecule has 1 aromatic carbocycles. The molecular formula is C16H20BrNO5. The number of benzene rings is 1. The molecule has 126 valence electrons. The van der Waals surface area contributed by atoms with E-state index in [1.54, 1.807) is 18.2 Å². The van der Waals surface area contributed by atoms with Crippen LogP contribution in [-0.2, 0) is 9.53 Å². The second kappa shape index (κ2) is 9.32. The summed E-state index contributed by atoms with van der Waals surface area (Å²) in [5, 5.41) is 11.6. The molecule has 0 saturated carbocycles. The monoisotopic (exact) mass is 385 g/mol. The number of ether oxygens (including phenoxy) is 2. The molecule has 0 heterocycles. The molecule has 1 unspecified atom stereocenters. The van der Waals surface area contributed by atoms with Crippen molar-refractivity contribution in [1.29, 1.82) is 0 Å². The lowest BCUT2D eigenvalue weighted by Gasteiger charge is -2.17. The number of rotatable bonds is 9. The van der Waals surface area contributed by atoms with Gasteiger partial charge in [0.05, 0.1) is 24.9 Å². The van der Waals surface area contributed by atoms with Crippen molar-refractivity contribution in [3.63, 3.8) is 0 Å². The minimum atomic E-state index is -1.18. The summed E-state index contributed by atoms with van der Waals surface area (Å²) >= 11 is 3.32. The van der Waals surface area contributed by atoms with Crippen molar-refractivity contribution in [2.24, 2.45) is 0 Å². The predicted molar refractivity (Wildman–Crippen MR) is 89.8 cm³/mol. The third kappa shape index (κ3) is 6.42. The standard InChI is InChI=1S/C16H20BrNO5/c1-4-7-22-9-13(16(20)21)18-15(19)12-6-5-11(17)8-14(12)23-10(2)3/h4-6,8,10,13H,1,7,9H2,2-3H3,(H,18,19)(H,20,21). The van der Waals surface area contributed by atoms with Gasteiger partial charge in [0, 0.05) is 4.47 Å². The molecule has 0 aliphatic heterocycles. The maximum absolute atomic E-state index is 12.4. The van der Waals surface area contributed by atoms with E-state index in [2.05, 4.69) is 27.8 Å². The quantitative estimate of drug-likeness (QED) is 0.504. The van der Waals surface area contributed by atoms with Gasteiger partial charge in [-0.05, 0) is 32.0 Å². The van der Waals surface area contributed by atoms with E-state index < -0.39 is 17.9 Å². The molecule has 0 bridgehead atoms. The van der Waals surface area contributed by atoms with Gasteiger partial charge in [-0.15, -0.1) is 6.58 Å². The summed E-state index contributed by atoms with van der Waals surface area (Å²) in [6.45, 7) is 7.21. The Hall–Kier alpha value is -1.86. The van der Waals surface area contributed by atoms with Crippen molar-refractivity contribution >= 4 is 27.8 Å². The molecule has 1 atom stereocenters. The molecule has 0 radical (unpaired) electrons. The zero-order chi connectivity index (χ0) is 17.4. The number of carbonyl (C=O) groups excluding carboxylic acids is 1. The number of halogens is 1. The van der Waals surface area contributed by atoms with Gasteiger partial charge in [-0.25, -0.2) is 4.79 Å². The van der Waals surface area contributed by atoms with Gasteiger partial charge in [0.2, 0.25) is 0 Å². The third-order valence-corrected chi connectivity index (χ3v) is 3.17. The topological polar surface area (TPSA) is 84.9 Å². The largest absolute Gasteiger partial charge is 0.490 e. The summed E-state index contributed by atoms with van der Waals surface area (Å²) in [5.74, 6) is -1.34. The van der Waals surface area contributed by atoms with Crippen molar-refractivity contribution in [3.05, 3.63) is 40.9 Å². The van der Waals surface area contributed by atoms with Gasteiger partial charge < -0.3 is 19.9 Å². The molecule has 0 spiro atoms. The van der Waals surface area contributed by atoms with E-state index in [1.165, 1.54) is 6.08 Å². The molecule has 0 aliphatic carbocycles. The molecule has 1 rings (SSSR count). The molecule has 1 aromatic rings. The normalized spacial score (nSPS) is 11.8. The van der Waals surface area contributed by atoms with E-state index in [9.17, 15) is 9.59 Å². The number of hydrogen-bond donors (Lipinski definition) is 2. The van der Waals surface area contributed by atoms with Crippen molar-refractivity contribution < 1.29 is 24.2 Å². The Morgan fingerprint density at radius 3 is 2.70 bits per heavy atom. The van der Waals surface area contributed by atoms with Gasteiger partial charge in [0.1, 0.15) is 5.75 Å². The van der Waals surface area contributed by atoms with Crippen LogP contribution in [0.1, 0.15) is 24.2 Å². The smallest absolute Gasteiger partial charge is 0.328 e. The zero-order valence-corrected chi connectivity index (χ0v) is 14.6. The van der Waals surface area contributed by atoms with Crippen LogP contribution in [-0.4, -0.2) is 42.3 Å². The van der Waals surface area contributed by atoms with E-state index in [4.69, 9.17) is 14.6 Å². The Labute approximate surface area is 143 Å². The van der Waals surface area contributed by atoms with Gasteiger partial charge >= 0.3 is 5.97 Å². The molecule has 0 saturated heterocycles. The highest BCUT2D eigenvalue weighted by molar-refractivity contribution is 9.10. The van der Waals surface area contributed by atoms with Crippen molar-refractivity contribution in [2.45, 2.75) is 26.0 Å². The summed E-state index contributed by atoms with van der Waals surface area (Å²) in [4.78, 5) is 23.6. The first kappa shape index (κ1) is 19.2. The highest BCUT2D eigenvalue weighted by Gasteiger charge is 2.23. The second-order valence-electron chi connectivity index (χ2n) is 5.00. The van der Waals surface area contributed by atoms with E-state index in [1.807, 2.05) is 13.8 Å². The van der Waals surface area contributed by atoms with Crippen molar-refractivity contribution in [2.75, 3.05) is 13.2 Å². The van der Waals surface area contributed by atoms with Gasteiger partial charge in [-0.2, -0.15) is 0 Å². The summed E-state index contributed by atoms with van der Waals surface area (Å²) in [7, 11) is 0. The number of hydrogen-bond acceptors (Lipinski definition) is 4. The van der Waals surface area contributed by atoms with Gasteiger partial charge in [-0.3, -0.25) is 4.79 Å². The van der Waals surface area contributed by atoms with E-state index in [0.29, 0.717) is 5.75 Å². The fourth-order valence-electron chi connectivity index (χ4n) is 1.72. The van der Waals surface area contributed by atoms with Gasteiger partial charge in [0.25, 0.3) is 5.91 Å². The Balaban J connectivity index is 2.90. The van der Waals surface area contributed by atoms with Crippen LogP contribution in [0, 0.1) is 0 Å². The minimum Gasteiger partial charge on any atom is -0.490 e. The van der Waals surface area contributed by atoms with E-state index in [0.717, 1.165) is 4.47 Å².